The molecule has 2 aliphatic heterocycles. The first-order valence-electron chi connectivity index (χ1n) is 6.79. The van der Waals surface area contributed by atoms with Gasteiger partial charge in [-0.15, -0.1) is 0 Å². The second kappa shape index (κ2) is 4.06. The van der Waals surface area contributed by atoms with E-state index in [1.54, 1.807) is 7.11 Å². The number of nitrogens with zero attached hydrogens (tertiary/aromatic N) is 1. The molecule has 5 unspecified atom stereocenters. The highest BCUT2D eigenvalue weighted by atomic mass is 16.5. The largest absolute Gasteiger partial charge is 0.497 e. The fourth-order valence-electron chi connectivity index (χ4n) is 3.66. The Hall–Kier alpha value is -1.88. The fourth-order valence-corrected chi connectivity index (χ4v) is 3.66. The predicted molar refractivity (Wildman–Crippen MR) is 68.9 cm³/mol. The van der Waals surface area contributed by atoms with Gasteiger partial charge < -0.3 is 19.2 Å². The van der Waals surface area contributed by atoms with Crippen molar-refractivity contribution < 1.29 is 19.1 Å². The quantitative estimate of drug-likeness (QED) is 0.771. The number of aldehydes is 1. The van der Waals surface area contributed by atoms with E-state index in [4.69, 9.17) is 9.47 Å². The molecular formula is C15H15NO4. The van der Waals surface area contributed by atoms with Crippen molar-refractivity contribution in [3.8, 4) is 5.75 Å². The molecule has 0 bridgehead atoms. The third-order valence-corrected chi connectivity index (χ3v) is 4.71. The highest BCUT2D eigenvalue weighted by molar-refractivity contribution is 5.91. The van der Waals surface area contributed by atoms with Crippen molar-refractivity contribution in [2.45, 2.75) is 12.3 Å². The molecule has 3 fully saturated rings. The normalized spacial score (nSPS) is 37.5. The van der Waals surface area contributed by atoms with Crippen LogP contribution >= 0.6 is 0 Å². The minimum atomic E-state index is -0.321. The van der Waals surface area contributed by atoms with Crippen LogP contribution in [0.15, 0.2) is 24.3 Å². The lowest BCUT2D eigenvalue weighted by Crippen LogP contribution is -2.36. The summed E-state index contributed by atoms with van der Waals surface area (Å²) < 4.78 is 10.9. The average molecular weight is 273 g/mol. The van der Waals surface area contributed by atoms with Crippen LogP contribution in [0.25, 0.3) is 0 Å². The van der Waals surface area contributed by atoms with E-state index in [9.17, 15) is 9.59 Å². The van der Waals surface area contributed by atoms with Crippen LogP contribution in [0.4, 0.5) is 0 Å². The number of ether oxygens (including phenoxy) is 2. The summed E-state index contributed by atoms with van der Waals surface area (Å²) in [5.41, 5.74) is 0.950. The maximum absolute atomic E-state index is 12.4. The smallest absolute Gasteiger partial charge is 0.229 e. The second-order valence-electron chi connectivity index (χ2n) is 5.59. The maximum Gasteiger partial charge on any atom is 0.229 e. The van der Waals surface area contributed by atoms with E-state index < -0.39 is 0 Å². The molecule has 0 radical (unpaired) electrons. The van der Waals surface area contributed by atoms with Crippen molar-refractivity contribution in [3.05, 3.63) is 29.8 Å². The van der Waals surface area contributed by atoms with Gasteiger partial charge in [-0.1, -0.05) is 12.1 Å². The van der Waals surface area contributed by atoms with Gasteiger partial charge in [0.25, 0.3) is 0 Å². The Balaban J connectivity index is 1.60. The standard InChI is InChI=1S/C15H15NO4/c1-19-9-4-2-8(3-5-9)15-16-11(7-20-15)12-10(6-17)13(12)14(16)18/h2-6,10-13,15H,7H2,1H3. The summed E-state index contributed by atoms with van der Waals surface area (Å²) >= 11 is 0. The van der Waals surface area contributed by atoms with Crippen molar-refractivity contribution in [2.24, 2.45) is 17.8 Å². The third kappa shape index (κ3) is 1.41. The molecule has 1 saturated carbocycles. The lowest BCUT2D eigenvalue weighted by molar-refractivity contribution is -0.138. The van der Waals surface area contributed by atoms with Crippen LogP contribution in [-0.2, 0) is 14.3 Å². The molecule has 5 atom stereocenters. The minimum Gasteiger partial charge on any atom is -0.497 e. The Kier molecular flexibility index (Phi) is 2.41. The highest BCUT2D eigenvalue weighted by Crippen LogP contribution is 2.59. The number of hydrogen-bond acceptors (Lipinski definition) is 4. The van der Waals surface area contributed by atoms with Crippen molar-refractivity contribution in [3.63, 3.8) is 0 Å². The zero-order valence-corrected chi connectivity index (χ0v) is 11.1. The zero-order valence-electron chi connectivity index (χ0n) is 11.1. The Labute approximate surface area is 116 Å². The summed E-state index contributed by atoms with van der Waals surface area (Å²) in [6.45, 7) is 0.522. The van der Waals surface area contributed by atoms with Gasteiger partial charge in [0.2, 0.25) is 5.91 Å². The van der Waals surface area contributed by atoms with Gasteiger partial charge >= 0.3 is 0 Å². The SMILES string of the molecule is COc1ccc(C2OCC3C4C(C=O)C4C(=O)N23)cc1. The first kappa shape index (κ1) is 11.9. The molecule has 5 nitrogen and oxygen atoms in total. The number of amides is 1. The van der Waals surface area contributed by atoms with Gasteiger partial charge in [-0.3, -0.25) is 4.79 Å². The second-order valence-corrected chi connectivity index (χ2v) is 5.59. The topological polar surface area (TPSA) is 55.8 Å². The van der Waals surface area contributed by atoms with Crippen molar-refractivity contribution >= 4 is 12.2 Å². The van der Waals surface area contributed by atoms with Crippen LogP contribution in [0.1, 0.15) is 11.8 Å². The molecule has 5 heteroatoms. The first-order valence-corrected chi connectivity index (χ1v) is 6.79. The average Bonchev–Trinajstić information content (AvgIpc) is 2.93. The number of fused-ring (bicyclic) bond motifs is 3. The van der Waals surface area contributed by atoms with Crippen molar-refractivity contribution in [1.82, 2.24) is 4.90 Å². The predicted octanol–water partition coefficient (Wildman–Crippen LogP) is 0.996. The number of piperidine rings is 1. The van der Waals surface area contributed by atoms with E-state index in [1.165, 1.54) is 0 Å². The Morgan fingerprint density at radius 2 is 2.10 bits per heavy atom. The van der Waals surface area contributed by atoms with E-state index in [2.05, 4.69) is 0 Å². The van der Waals surface area contributed by atoms with E-state index in [-0.39, 0.29) is 35.9 Å². The van der Waals surface area contributed by atoms with Gasteiger partial charge in [-0.2, -0.15) is 0 Å². The molecule has 2 saturated heterocycles. The van der Waals surface area contributed by atoms with Crippen LogP contribution in [0.3, 0.4) is 0 Å². The van der Waals surface area contributed by atoms with Crippen LogP contribution in [-0.4, -0.2) is 36.9 Å². The van der Waals surface area contributed by atoms with Gasteiger partial charge in [0.05, 0.1) is 25.7 Å². The highest BCUT2D eigenvalue weighted by Gasteiger charge is 2.69. The molecule has 1 aromatic carbocycles. The molecule has 2 heterocycles. The summed E-state index contributed by atoms with van der Waals surface area (Å²) in [6, 6.07) is 7.62. The lowest BCUT2D eigenvalue weighted by atomic mass is 10.1. The molecular weight excluding hydrogens is 258 g/mol. The number of benzene rings is 1. The summed E-state index contributed by atoms with van der Waals surface area (Å²) in [5.74, 6) is 0.836. The number of rotatable bonds is 3. The molecule has 20 heavy (non-hydrogen) atoms. The molecule has 1 aliphatic carbocycles. The maximum atomic E-state index is 12.4. The summed E-state index contributed by atoms with van der Waals surface area (Å²) in [7, 11) is 1.62. The van der Waals surface area contributed by atoms with E-state index in [0.717, 1.165) is 17.6 Å². The van der Waals surface area contributed by atoms with Crippen LogP contribution < -0.4 is 4.74 Å². The molecule has 1 aromatic rings. The van der Waals surface area contributed by atoms with Gasteiger partial charge in [0, 0.05) is 17.4 Å². The van der Waals surface area contributed by atoms with E-state index >= 15 is 0 Å². The number of carbonyl (C=O) groups excluding carboxylic acids is 2. The lowest BCUT2D eigenvalue weighted by Gasteiger charge is -2.25. The summed E-state index contributed by atoms with van der Waals surface area (Å²) in [5, 5.41) is 0. The van der Waals surface area contributed by atoms with Crippen LogP contribution in [0.2, 0.25) is 0 Å². The number of hydrogen-bond donors (Lipinski definition) is 0. The zero-order chi connectivity index (χ0) is 13.9. The monoisotopic (exact) mass is 273 g/mol. The van der Waals surface area contributed by atoms with Crippen LogP contribution in [0, 0.1) is 17.8 Å². The Bertz CT molecular complexity index is 570. The van der Waals surface area contributed by atoms with Gasteiger partial charge in [-0.25, -0.2) is 0 Å². The van der Waals surface area contributed by atoms with Crippen LogP contribution in [0.5, 0.6) is 5.75 Å². The van der Waals surface area contributed by atoms with Gasteiger partial charge in [-0.05, 0) is 12.1 Å². The molecule has 104 valence electrons. The van der Waals surface area contributed by atoms with E-state index in [1.807, 2.05) is 29.2 Å². The number of methoxy groups -OCH3 is 1. The molecule has 0 aromatic heterocycles. The third-order valence-electron chi connectivity index (χ3n) is 4.71. The summed E-state index contributed by atoms with van der Waals surface area (Å²) in [6.07, 6.45) is 0.601. The van der Waals surface area contributed by atoms with Gasteiger partial charge in [0.15, 0.2) is 6.23 Å². The fraction of sp³-hybridized carbons (Fsp3) is 0.467. The molecule has 0 N–H and O–H groups in total. The number of carbonyl (C=O) groups is 2. The van der Waals surface area contributed by atoms with E-state index in [0.29, 0.717) is 6.61 Å². The van der Waals surface area contributed by atoms with Gasteiger partial charge in [0.1, 0.15) is 12.0 Å². The molecule has 3 aliphatic rings. The van der Waals surface area contributed by atoms with Crippen molar-refractivity contribution in [2.75, 3.05) is 13.7 Å². The molecule has 4 rings (SSSR count). The Morgan fingerprint density at radius 1 is 1.35 bits per heavy atom. The molecule has 0 spiro atoms. The first-order chi connectivity index (χ1) is 9.76. The Morgan fingerprint density at radius 3 is 2.75 bits per heavy atom. The van der Waals surface area contributed by atoms with Crippen molar-refractivity contribution in [1.29, 1.82) is 0 Å². The summed E-state index contributed by atoms with van der Waals surface area (Å²) in [4.78, 5) is 25.1. The molecule has 1 amide bonds. The minimum absolute atomic E-state index is 0.0646.